The van der Waals surface area contributed by atoms with Crippen LogP contribution < -0.4 is 5.32 Å². The largest absolute Gasteiger partial charge is 0.348 e. The molecule has 130 valence electrons. The lowest BCUT2D eigenvalue weighted by Crippen LogP contribution is -2.22. The molecule has 0 atom stereocenters. The van der Waals surface area contributed by atoms with E-state index in [2.05, 4.69) is 10.3 Å². The average molecular weight is 362 g/mol. The number of carbonyl (C=O) groups excluding carboxylic acids is 2. The molecule has 0 aliphatic carbocycles. The van der Waals surface area contributed by atoms with E-state index in [1.807, 2.05) is 60.7 Å². The van der Waals surface area contributed by atoms with Crippen molar-refractivity contribution in [1.82, 2.24) is 10.3 Å². The molecular weight excluding hydrogens is 344 g/mol. The first kappa shape index (κ1) is 17.9. The van der Waals surface area contributed by atoms with Crippen molar-refractivity contribution in [2.75, 3.05) is 5.75 Å². The average Bonchev–Trinajstić information content (AvgIpc) is 2.72. The number of ketones is 1. The first-order valence-corrected chi connectivity index (χ1v) is 9.19. The fourth-order valence-electron chi connectivity index (χ4n) is 2.37. The highest BCUT2D eigenvalue weighted by Gasteiger charge is 2.09. The van der Waals surface area contributed by atoms with Gasteiger partial charge in [-0.05, 0) is 35.9 Å². The number of Topliss-reactive ketones (excluding diaryl/α,β-unsaturated/α-hetero) is 1. The van der Waals surface area contributed by atoms with Gasteiger partial charge in [-0.1, -0.05) is 36.4 Å². The molecule has 0 spiro atoms. The zero-order chi connectivity index (χ0) is 18.2. The van der Waals surface area contributed by atoms with Gasteiger partial charge in [-0.15, -0.1) is 11.8 Å². The summed E-state index contributed by atoms with van der Waals surface area (Å²) in [4.78, 5) is 29.4. The monoisotopic (exact) mass is 362 g/mol. The van der Waals surface area contributed by atoms with Crippen molar-refractivity contribution in [1.29, 1.82) is 0 Å². The third kappa shape index (κ3) is 5.04. The summed E-state index contributed by atoms with van der Waals surface area (Å²) in [6, 6.07) is 20.3. The van der Waals surface area contributed by atoms with Gasteiger partial charge >= 0.3 is 0 Å². The first-order valence-electron chi connectivity index (χ1n) is 8.20. The van der Waals surface area contributed by atoms with E-state index in [-0.39, 0.29) is 11.7 Å². The Kier molecular flexibility index (Phi) is 6.17. The van der Waals surface area contributed by atoms with Crippen LogP contribution in [0.5, 0.6) is 0 Å². The molecule has 0 saturated carbocycles. The molecule has 0 bridgehead atoms. The van der Waals surface area contributed by atoms with E-state index in [0.717, 1.165) is 10.5 Å². The highest BCUT2D eigenvalue weighted by Crippen LogP contribution is 2.20. The van der Waals surface area contributed by atoms with Crippen LogP contribution >= 0.6 is 11.8 Å². The van der Waals surface area contributed by atoms with Gasteiger partial charge in [0.1, 0.15) is 0 Å². The molecule has 0 saturated heterocycles. The van der Waals surface area contributed by atoms with Crippen molar-refractivity contribution < 1.29 is 9.59 Å². The molecular formula is C21H18N2O2S. The van der Waals surface area contributed by atoms with Crippen LogP contribution in [0.25, 0.3) is 0 Å². The van der Waals surface area contributed by atoms with Crippen LogP contribution in [0, 0.1) is 0 Å². The Labute approximate surface area is 156 Å². The predicted molar refractivity (Wildman–Crippen MR) is 103 cm³/mol. The summed E-state index contributed by atoms with van der Waals surface area (Å²) in [5, 5.41) is 2.89. The third-order valence-corrected chi connectivity index (χ3v) is 4.76. The van der Waals surface area contributed by atoms with Crippen molar-refractivity contribution in [2.45, 2.75) is 11.4 Å². The van der Waals surface area contributed by atoms with Crippen LogP contribution in [0.3, 0.4) is 0 Å². The van der Waals surface area contributed by atoms with Crippen LogP contribution in [0.4, 0.5) is 0 Å². The molecule has 26 heavy (non-hydrogen) atoms. The van der Waals surface area contributed by atoms with Crippen LogP contribution in [-0.4, -0.2) is 22.4 Å². The summed E-state index contributed by atoms with van der Waals surface area (Å²) < 4.78 is 0. The Morgan fingerprint density at radius 1 is 0.885 bits per heavy atom. The van der Waals surface area contributed by atoms with Crippen molar-refractivity contribution in [3.63, 3.8) is 0 Å². The molecule has 1 N–H and O–H groups in total. The van der Waals surface area contributed by atoms with Crippen molar-refractivity contribution >= 4 is 23.5 Å². The summed E-state index contributed by atoms with van der Waals surface area (Å²) in [6.45, 7) is 0.450. The number of amides is 1. The molecule has 2 aromatic carbocycles. The van der Waals surface area contributed by atoms with Gasteiger partial charge in [-0.25, -0.2) is 0 Å². The summed E-state index contributed by atoms with van der Waals surface area (Å²) in [6.07, 6.45) is 3.39. The zero-order valence-corrected chi connectivity index (χ0v) is 14.9. The molecule has 5 heteroatoms. The van der Waals surface area contributed by atoms with E-state index in [4.69, 9.17) is 0 Å². The number of hydrogen-bond donors (Lipinski definition) is 1. The standard InChI is InChI=1S/C21H18N2O2S/c24-20(17-5-2-1-3-6-17)15-26-19-8-4-7-18(13-19)21(25)23-14-16-9-11-22-12-10-16/h1-13H,14-15H2,(H,23,25). The number of rotatable bonds is 7. The quantitative estimate of drug-likeness (QED) is 0.510. The summed E-state index contributed by atoms with van der Waals surface area (Å²) >= 11 is 1.43. The van der Waals surface area contributed by atoms with Gasteiger partial charge in [-0.3, -0.25) is 14.6 Å². The lowest BCUT2D eigenvalue weighted by Gasteiger charge is -2.07. The second kappa shape index (κ2) is 8.97. The topological polar surface area (TPSA) is 59.1 Å². The molecule has 3 rings (SSSR count). The van der Waals surface area contributed by atoms with E-state index >= 15 is 0 Å². The van der Waals surface area contributed by atoms with Gasteiger partial charge < -0.3 is 5.32 Å². The van der Waals surface area contributed by atoms with Gasteiger partial charge in [0.15, 0.2) is 5.78 Å². The Balaban J connectivity index is 1.57. The summed E-state index contributed by atoms with van der Waals surface area (Å²) in [5.74, 6) is 0.272. The highest BCUT2D eigenvalue weighted by atomic mass is 32.2. The Morgan fingerprint density at radius 2 is 1.62 bits per heavy atom. The summed E-state index contributed by atoms with van der Waals surface area (Å²) in [5.41, 5.74) is 2.27. The molecule has 4 nitrogen and oxygen atoms in total. The first-order chi connectivity index (χ1) is 12.7. The van der Waals surface area contributed by atoms with Gasteiger partial charge in [-0.2, -0.15) is 0 Å². The second-order valence-corrected chi connectivity index (χ2v) is 6.69. The lowest BCUT2D eigenvalue weighted by atomic mass is 10.2. The number of hydrogen-bond acceptors (Lipinski definition) is 4. The number of carbonyl (C=O) groups is 2. The van der Waals surface area contributed by atoms with E-state index < -0.39 is 0 Å². The van der Waals surface area contributed by atoms with Crippen LogP contribution in [-0.2, 0) is 6.54 Å². The Bertz CT molecular complexity index is 883. The Hall–Kier alpha value is -2.92. The molecule has 3 aromatic rings. The smallest absolute Gasteiger partial charge is 0.251 e. The number of nitrogens with zero attached hydrogens (tertiary/aromatic N) is 1. The van der Waals surface area contributed by atoms with Gasteiger partial charge in [0.2, 0.25) is 0 Å². The van der Waals surface area contributed by atoms with Crippen LogP contribution in [0.2, 0.25) is 0 Å². The van der Waals surface area contributed by atoms with Gasteiger partial charge in [0.25, 0.3) is 5.91 Å². The third-order valence-electron chi connectivity index (χ3n) is 3.76. The van der Waals surface area contributed by atoms with Crippen molar-refractivity contribution in [2.24, 2.45) is 0 Å². The van der Waals surface area contributed by atoms with Crippen molar-refractivity contribution in [3.05, 3.63) is 95.8 Å². The van der Waals surface area contributed by atoms with Gasteiger partial charge in [0, 0.05) is 35.0 Å². The highest BCUT2D eigenvalue weighted by molar-refractivity contribution is 8.00. The van der Waals surface area contributed by atoms with Crippen LogP contribution in [0.1, 0.15) is 26.3 Å². The lowest BCUT2D eigenvalue weighted by molar-refractivity contribution is 0.0950. The number of nitrogens with one attached hydrogen (secondary N) is 1. The fourth-order valence-corrected chi connectivity index (χ4v) is 3.22. The minimum absolute atomic E-state index is 0.0724. The number of aromatic nitrogens is 1. The number of benzene rings is 2. The molecule has 1 heterocycles. The molecule has 0 radical (unpaired) electrons. The zero-order valence-electron chi connectivity index (χ0n) is 14.1. The van der Waals surface area contributed by atoms with Crippen LogP contribution in [0.15, 0.2) is 84.0 Å². The predicted octanol–water partition coefficient (Wildman–Crippen LogP) is 3.99. The number of thioether (sulfide) groups is 1. The summed E-state index contributed by atoms with van der Waals surface area (Å²) in [7, 11) is 0. The van der Waals surface area contributed by atoms with E-state index in [1.165, 1.54) is 11.8 Å². The molecule has 0 unspecified atom stereocenters. The molecule has 1 amide bonds. The van der Waals surface area contributed by atoms with Crippen molar-refractivity contribution in [3.8, 4) is 0 Å². The molecule has 1 aromatic heterocycles. The minimum atomic E-state index is -0.140. The molecule has 0 fully saturated rings. The minimum Gasteiger partial charge on any atom is -0.348 e. The van der Waals surface area contributed by atoms with E-state index in [1.54, 1.807) is 18.5 Å². The number of pyridine rings is 1. The van der Waals surface area contributed by atoms with E-state index in [9.17, 15) is 9.59 Å². The molecule has 0 aliphatic rings. The van der Waals surface area contributed by atoms with E-state index in [0.29, 0.717) is 23.4 Å². The SMILES string of the molecule is O=C(CSc1cccc(C(=O)NCc2ccncc2)c1)c1ccccc1. The van der Waals surface area contributed by atoms with Gasteiger partial charge in [0.05, 0.1) is 5.75 Å². The fraction of sp³-hybridized carbons (Fsp3) is 0.0952. The Morgan fingerprint density at radius 3 is 2.38 bits per heavy atom. The molecule has 0 aliphatic heterocycles. The normalized spacial score (nSPS) is 10.3. The maximum absolute atomic E-state index is 12.3. The maximum Gasteiger partial charge on any atom is 0.251 e. The second-order valence-electron chi connectivity index (χ2n) is 5.64. The maximum atomic E-state index is 12.3.